The molecule has 0 unspecified atom stereocenters. The van der Waals surface area contributed by atoms with Crippen LogP contribution in [0.5, 0.6) is 11.5 Å². The molecule has 37 heavy (non-hydrogen) atoms. The summed E-state index contributed by atoms with van der Waals surface area (Å²) in [5.41, 5.74) is 3.65. The normalized spacial score (nSPS) is 10.8. The lowest BCUT2D eigenvalue weighted by atomic mass is 10.0. The smallest absolute Gasteiger partial charge is 0.343 e. The van der Waals surface area contributed by atoms with E-state index >= 15 is 0 Å². The van der Waals surface area contributed by atoms with Crippen molar-refractivity contribution in [1.29, 1.82) is 0 Å². The van der Waals surface area contributed by atoms with Crippen molar-refractivity contribution in [3.63, 3.8) is 0 Å². The van der Waals surface area contributed by atoms with Crippen LogP contribution >= 0.6 is 15.9 Å². The van der Waals surface area contributed by atoms with Crippen LogP contribution < -0.4 is 20.2 Å². The Balaban J connectivity index is 1.36. The van der Waals surface area contributed by atoms with Crippen LogP contribution in [0.3, 0.4) is 0 Å². The molecule has 0 aliphatic rings. The minimum Gasteiger partial charge on any atom is -0.497 e. The number of halogens is 1. The SMILES string of the molecule is COc1ccc(C(=O)Oc2ccc(Br)cc2/C=N/NC(=O)CNC(=O)c2cccc3ccccc23)cc1. The number of nitrogens with one attached hydrogen (secondary N) is 2. The summed E-state index contributed by atoms with van der Waals surface area (Å²) in [4.78, 5) is 37.4. The molecular weight excluding hydrogens is 538 g/mol. The zero-order valence-corrected chi connectivity index (χ0v) is 21.3. The van der Waals surface area contributed by atoms with Crippen LogP contribution in [0.2, 0.25) is 0 Å². The van der Waals surface area contributed by atoms with Gasteiger partial charge in [-0.2, -0.15) is 5.10 Å². The first-order valence-electron chi connectivity index (χ1n) is 11.2. The molecule has 0 atom stereocenters. The van der Waals surface area contributed by atoms with E-state index in [0.717, 1.165) is 15.2 Å². The molecule has 4 aromatic carbocycles. The topological polar surface area (TPSA) is 106 Å². The van der Waals surface area contributed by atoms with Crippen molar-refractivity contribution in [3.8, 4) is 11.5 Å². The van der Waals surface area contributed by atoms with Gasteiger partial charge in [-0.05, 0) is 59.3 Å². The van der Waals surface area contributed by atoms with Gasteiger partial charge in [0.15, 0.2) is 0 Å². The summed E-state index contributed by atoms with van der Waals surface area (Å²) < 4.78 is 11.3. The molecule has 0 saturated heterocycles. The lowest BCUT2D eigenvalue weighted by molar-refractivity contribution is -0.120. The Labute approximate surface area is 221 Å². The summed E-state index contributed by atoms with van der Waals surface area (Å²) in [7, 11) is 1.54. The largest absolute Gasteiger partial charge is 0.497 e. The Morgan fingerprint density at radius 2 is 1.70 bits per heavy atom. The highest BCUT2D eigenvalue weighted by Crippen LogP contribution is 2.23. The van der Waals surface area contributed by atoms with Crippen LogP contribution in [0.1, 0.15) is 26.3 Å². The summed E-state index contributed by atoms with van der Waals surface area (Å²) >= 11 is 3.37. The third-order valence-electron chi connectivity index (χ3n) is 5.34. The average Bonchev–Trinajstić information content (AvgIpc) is 2.92. The zero-order chi connectivity index (χ0) is 26.2. The van der Waals surface area contributed by atoms with Crippen molar-refractivity contribution in [3.05, 3.63) is 106 Å². The number of rotatable bonds is 8. The minimum atomic E-state index is -0.556. The Morgan fingerprint density at radius 1 is 0.946 bits per heavy atom. The molecule has 0 fully saturated rings. The summed E-state index contributed by atoms with van der Waals surface area (Å²) in [6.07, 6.45) is 1.35. The highest BCUT2D eigenvalue weighted by atomic mass is 79.9. The van der Waals surface area contributed by atoms with E-state index in [0.29, 0.717) is 22.4 Å². The summed E-state index contributed by atoms with van der Waals surface area (Å²) in [5, 5.41) is 8.27. The molecule has 2 amide bonds. The Hall–Kier alpha value is -4.50. The highest BCUT2D eigenvalue weighted by Gasteiger charge is 2.13. The van der Waals surface area contributed by atoms with Gasteiger partial charge in [0.05, 0.1) is 25.4 Å². The molecule has 0 aromatic heterocycles. The van der Waals surface area contributed by atoms with Crippen molar-refractivity contribution in [2.75, 3.05) is 13.7 Å². The fourth-order valence-electron chi connectivity index (χ4n) is 3.49. The number of hydrogen-bond donors (Lipinski definition) is 2. The Morgan fingerprint density at radius 3 is 2.49 bits per heavy atom. The van der Waals surface area contributed by atoms with Crippen LogP contribution in [0.4, 0.5) is 0 Å². The van der Waals surface area contributed by atoms with Crippen molar-refractivity contribution >= 4 is 50.7 Å². The number of hydrazone groups is 1. The van der Waals surface area contributed by atoms with E-state index < -0.39 is 11.9 Å². The molecule has 0 heterocycles. The molecule has 0 saturated carbocycles. The number of carbonyl (C=O) groups is 3. The first-order valence-corrected chi connectivity index (χ1v) is 12.0. The van der Waals surface area contributed by atoms with E-state index in [1.54, 1.807) is 61.7 Å². The van der Waals surface area contributed by atoms with Crippen molar-refractivity contribution in [1.82, 2.24) is 10.7 Å². The van der Waals surface area contributed by atoms with E-state index in [9.17, 15) is 14.4 Å². The molecule has 186 valence electrons. The molecule has 8 nitrogen and oxygen atoms in total. The van der Waals surface area contributed by atoms with Gasteiger partial charge in [0.25, 0.3) is 11.8 Å². The van der Waals surface area contributed by atoms with Gasteiger partial charge in [-0.25, -0.2) is 10.2 Å². The predicted octanol–water partition coefficient (Wildman–Crippen LogP) is 4.71. The second kappa shape index (κ2) is 12.0. The number of carbonyl (C=O) groups excluding carboxylic acids is 3. The second-order valence-corrected chi connectivity index (χ2v) is 8.72. The van der Waals surface area contributed by atoms with E-state index in [-0.39, 0.29) is 18.2 Å². The molecule has 0 aliphatic heterocycles. The predicted molar refractivity (Wildman–Crippen MR) is 144 cm³/mol. The Kier molecular flexibility index (Phi) is 8.27. The maximum Gasteiger partial charge on any atom is 0.343 e. The maximum atomic E-state index is 12.6. The third-order valence-corrected chi connectivity index (χ3v) is 5.83. The lowest BCUT2D eigenvalue weighted by Crippen LogP contribution is -2.35. The monoisotopic (exact) mass is 559 g/mol. The fraction of sp³-hybridized carbons (Fsp3) is 0.0714. The number of ether oxygens (including phenoxy) is 2. The molecule has 9 heteroatoms. The van der Waals surface area contributed by atoms with Gasteiger partial charge in [0.1, 0.15) is 11.5 Å². The van der Waals surface area contributed by atoms with Gasteiger partial charge in [0.2, 0.25) is 0 Å². The molecule has 2 N–H and O–H groups in total. The van der Waals surface area contributed by atoms with Crippen LogP contribution in [-0.2, 0) is 4.79 Å². The van der Waals surface area contributed by atoms with Crippen molar-refractivity contribution in [2.45, 2.75) is 0 Å². The molecule has 4 aromatic rings. The number of benzene rings is 4. The maximum absolute atomic E-state index is 12.6. The minimum absolute atomic E-state index is 0.256. The first-order chi connectivity index (χ1) is 17.9. The number of fused-ring (bicyclic) bond motifs is 1. The van der Waals surface area contributed by atoms with Gasteiger partial charge >= 0.3 is 5.97 Å². The Bertz CT molecular complexity index is 1480. The highest BCUT2D eigenvalue weighted by molar-refractivity contribution is 9.10. The van der Waals surface area contributed by atoms with Gasteiger partial charge in [0, 0.05) is 15.6 Å². The van der Waals surface area contributed by atoms with Crippen molar-refractivity contribution < 1.29 is 23.9 Å². The molecule has 0 radical (unpaired) electrons. The van der Waals surface area contributed by atoms with Gasteiger partial charge < -0.3 is 14.8 Å². The summed E-state index contributed by atoms with van der Waals surface area (Å²) in [5.74, 6) is -0.560. The van der Waals surface area contributed by atoms with E-state index in [2.05, 4.69) is 31.8 Å². The van der Waals surface area contributed by atoms with E-state index in [1.165, 1.54) is 6.21 Å². The second-order valence-electron chi connectivity index (χ2n) is 7.80. The van der Waals surface area contributed by atoms with Crippen LogP contribution in [0.25, 0.3) is 10.8 Å². The number of nitrogens with zero attached hydrogens (tertiary/aromatic N) is 1. The van der Waals surface area contributed by atoms with Crippen molar-refractivity contribution in [2.24, 2.45) is 5.10 Å². The molecular formula is C28H22BrN3O5. The van der Waals surface area contributed by atoms with Crippen LogP contribution in [0, 0.1) is 0 Å². The molecule has 0 bridgehead atoms. The van der Waals surface area contributed by atoms with Gasteiger partial charge in [-0.15, -0.1) is 0 Å². The number of amides is 2. The number of methoxy groups -OCH3 is 1. The van der Waals surface area contributed by atoms with Gasteiger partial charge in [-0.3, -0.25) is 9.59 Å². The van der Waals surface area contributed by atoms with Crippen LogP contribution in [-0.4, -0.2) is 37.7 Å². The number of hydrogen-bond acceptors (Lipinski definition) is 6. The van der Waals surface area contributed by atoms with E-state index in [4.69, 9.17) is 9.47 Å². The molecule has 0 spiro atoms. The fourth-order valence-corrected chi connectivity index (χ4v) is 3.87. The number of esters is 1. The molecule has 4 rings (SSSR count). The van der Waals surface area contributed by atoms with Crippen LogP contribution in [0.15, 0.2) is 94.5 Å². The average molecular weight is 560 g/mol. The zero-order valence-electron chi connectivity index (χ0n) is 19.7. The first kappa shape index (κ1) is 25.6. The summed E-state index contributed by atoms with van der Waals surface area (Å²) in [6, 6.07) is 24.5. The summed E-state index contributed by atoms with van der Waals surface area (Å²) in [6.45, 7) is -0.267. The molecule has 0 aliphatic carbocycles. The quantitative estimate of drug-likeness (QED) is 0.141. The lowest BCUT2D eigenvalue weighted by Gasteiger charge is -2.09. The standard InChI is InChI=1S/C28H22BrN3O5/c1-36-22-12-9-19(10-13-22)28(35)37-25-14-11-21(29)15-20(25)16-31-32-26(33)17-30-27(34)24-8-4-6-18-5-2-3-7-23(18)24/h2-16H,17H2,1H3,(H,30,34)(H,32,33)/b31-16+. The van der Waals surface area contributed by atoms with E-state index in [1.807, 2.05) is 30.3 Å². The van der Waals surface area contributed by atoms with Gasteiger partial charge in [-0.1, -0.05) is 52.3 Å². The third kappa shape index (κ3) is 6.59.